The van der Waals surface area contributed by atoms with E-state index in [-0.39, 0.29) is 15.4 Å². The third-order valence-electron chi connectivity index (χ3n) is 2.64. The van der Waals surface area contributed by atoms with Crippen molar-refractivity contribution in [2.24, 2.45) is 0 Å². The maximum Gasteiger partial charge on any atom is 0.282 e. The van der Waals surface area contributed by atoms with Crippen LogP contribution in [0.25, 0.3) is 0 Å². The molecule has 1 aromatic heterocycles. The second kappa shape index (κ2) is 6.28. The van der Waals surface area contributed by atoms with Gasteiger partial charge in [-0.3, -0.25) is 4.79 Å². The van der Waals surface area contributed by atoms with Crippen molar-refractivity contribution in [1.29, 1.82) is 0 Å². The van der Waals surface area contributed by atoms with E-state index < -0.39 is 0 Å². The fraction of sp³-hybridized carbons (Fsp3) is 0.700. The summed E-state index contributed by atoms with van der Waals surface area (Å²) in [6.07, 6.45) is 5.16. The largest absolute Gasteiger partial charge is 0.376 e. The number of amides is 1. The molecule has 94 valence electrons. The highest BCUT2D eigenvalue weighted by molar-refractivity contribution is 7.17. The highest BCUT2D eigenvalue weighted by atomic mass is 35.5. The molecule has 5 nitrogen and oxygen atoms in total. The summed E-state index contributed by atoms with van der Waals surface area (Å²) in [5.74, 6) is -0.246. The van der Waals surface area contributed by atoms with Gasteiger partial charge in [-0.05, 0) is 24.4 Å². The summed E-state index contributed by atoms with van der Waals surface area (Å²) >= 11 is 6.66. The highest BCUT2D eigenvalue weighted by Gasteiger charge is 2.15. The van der Waals surface area contributed by atoms with Crippen molar-refractivity contribution in [2.45, 2.75) is 31.8 Å². The van der Waals surface area contributed by atoms with Crippen LogP contribution >= 0.6 is 22.9 Å². The van der Waals surface area contributed by atoms with E-state index in [1.807, 2.05) is 0 Å². The number of carbonyl (C=O) groups excluding carboxylic acids is 1. The molecule has 1 N–H and O–H groups in total. The van der Waals surface area contributed by atoms with Gasteiger partial charge in [-0.25, -0.2) is 0 Å². The average molecular weight is 276 g/mol. The molecule has 1 aliphatic carbocycles. The Balaban J connectivity index is 1.63. The molecule has 1 fully saturated rings. The Morgan fingerprint density at radius 3 is 2.88 bits per heavy atom. The molecule has 17 heavy (non-hydrogen) atoms. The number of rotatable bonds is 5. The molecule has 0 atom stereocenters. The van der Waals surface area contributed by atoms with Gasteiger partial charge in [-0.15, -0.1) is 10.2 Å². The van der Waals surface area contributed by atoms with Gasteiger partial charge in [0.25, 0.3) is 5.91 Å². The Morgan fingerprint density at radius 2 is 2.24 bits per heavy atom. The van der Waals surface area contributed by atoms with Crippen molar-refractivity contribution < 1.29 is 9.53 Å². The molecule has 0 spiro atoms. The van der Waals surface area contributed by atoms with Crippen LogP contribution < -0.4 is 5.32 Å². The number of carbonyl (C=O) groups is 1. The van der Waals surface area contributed by atoms with Crippen molar-refractivity contribution in [2.75, 3.05) is 13.2 Å². The van der Waals surface area contributed by atoms with Crippen molar-refractivity contribution in [3.63, 3.8) is 0 Å². The number of hydrogen-bond acceptors (Lipinski definition) is 5. The molecule has 0 saturated heterocycles. The molecule has 1 heterocycles. The van der Waals surface area contributed by atoms with Crippen molar-refractivity contribution in [3.05, 3.63) is 9.47 Å². The number of aromatic nitrogens is 2. The third-order valence-corrected chi connectivity index (χ3v) is 3.66. The Labute approximate surface area is 109 Å². The summed E-state index contributed by atoms with van der Waals surface area (Å²) in [4.78, 5) is 11.5. The van der Waals surface area contributed by atoms with Gasteiger partial charge < -0.3 is 10.1 Å². The zero-order valence-electron chi connectivity index (χ0n) is 9.32. The van der Waals surface area contributed by atoms with Gasteiger partial charge in [-0.1, -0.05) is 24.2 Å². The molecule has 1 saturated carbocycles. The van der Waals surface area contributed by atoms with Gasteiger partial charge >= 0.3 is 0 Å². The van der Waals surface area contributed by atoms with Crippen molar-refractivity contribution in [3.8, 4) is 0 Å². The second-order valence-corrected chi connectivity index (χ2v) is 5.45. The Bertz CT molecular complexity index is 379. The third kappa shape index (κ3) is 3.90. The van der Waals surface area contributed by atoms with E-state index in [4.69, 9.17) is 16.3 Å². The Morgan fingerprint density at radius 1 is 1.47 bits per heavy atom. The molecule has 1 aliphatic rings. The molecular weight excluding hydrogens is 262 g/mol. The molecule has 0 aliphatic heterocycles. The van der Waals surface area contributed by atoms with Crippen molar-refractivity contribution in [1.82, 2.24) is 15.5 Å². The summed E-state index contributed by atoms with van der Waals surface area (Å²) in [6, 6.07) is 0. The van der Waals surface area contributed by atoms with Gasteiger partial charge in [0.1, 0.15) is 0 Å². The molecule has 7 heteroatoms. The lowest BCUT2D eigenvalue weighted by Gasteiger charge is -2.10. The number of nitrogens with one attached hydrogen (secondary N) is 1. The molecular formula is C10H14ClN3O2S. The van der Waals surface area contributed by atoms with E-state index in [1.165, 1.54) is 12.8 Å². The van der Waals surface area contributed by atoms with Crippen molar-refractivity contribution >= 4 is 28.8 Å². The lowest BCUT2D eigenvalue weighted by Crippen LogP contribution is -2.28. The first-order valence-electron chi connectivity index (χ1n) is 5.64. The maximum absolute atomic E-state index is 11.5. The molecule has 1 amide bonds. The molecule has 0 bridgehead atoms. The molecule has 0 aromatic carbocycles. The monoisotopic (exact) mass is 275 g/mol. The normalized spacial score (nSPS) is 16.3. The lowest BCUT2D eigenvalue weighted by molar-refractivity contribution is 0.0581. The van der Waals surface area contributed by atoms with E-state index in [1.54, 1.807) is 0 Å². The van der Waals surface area contributed by atoms with Crippen LogP contribution in [0.4, 0.5) is 0 Å². The molecule has 2 rings (SSSR count). The van der Waals surface area contributed by atoms with Crippen LogP contribution in [0.1, 0.15) is 35.5 Å². The van der Waals surface area contributed by atoms with E-state index in [0.29, 0.717) is 19.3 Å². The van der Waals surface area contributed by atoms with Gasteiger partial charge in [0.2, 0.25) is 9.47 Å². The zero-order valence-corrected chi connectivity index (χ0v) is 10.9. The maximum atomic E-state index is 11.5. The molecule has 0 radical (unpaired) electrons. The summed E-state index contributed by atoms with van der Waals surface area (Å²) in [5.41, 5.74) is 0. The smallest absolute Gasteiger partial charge is 0.282 e. The number of ether oxygens (including phenoxy) is 1. The zero-order chi connectivity index (χ0) is 12.1. The molecule has 1 aromatic rings. The summed E-state index contributed by atoms with van der Waals surface area (Å²) < 4.78 is 5.90. The van der Waals surface area contributed by atoms with Crippen LogP contribution in [0.2, 0.25) is 4.47 Å². The fourth-order valence-electron chi connectivity index (χ4n) is 1.82. The topological polar surface area (TPSA) is 64.1 Å². The minimum absolute atomic E-state index is 0.246. The van der Waals surface area contributed by atoms with Gasteiger partial charge in [0.15, 0.2) is 0 Å². The molecule has 0 unspecified atom stereocenters. The first-order chi connectivity index (χ1) is 8.25. The lowest BCUT2D eigenvalue weighted by atomic mass is 10.3. The number of nitrogens with zero attached hydrogens (tertiary/aromatic N) is 2. The van der Waals surface area contributed by atoms with Crippen LogP contribution in [0, 0.1) is 0 Å². The van der Waals surface area contributed by atoms with Gasteiger partial charge in [0.05, 0.1) is 12.7 Å². The first kappa shape index (κ1) is 12.7. The second-order valence-electron chi connectivity index (χ2n) is 3.89. The van der Waals surface area contributed by atoms with E-state index in [2.05, 4.69) is 15.5 Å². The van der Waals surface area contributed by atoms with Crippen LogP contribution in [0.5, 0.6) is 0 Å². The van der Waals surface area contributed by atoms with Crippen LogP contribution in [0.3, 0.4) is 0 Å². The fourth-order valence-corrected chi connectivity index (χ4v) is 2.56. The summed E-state index contributed by atoms with van der Waals surface area (Å²) in [7, 11) is 0. The predicted molar refractivity (Wildman–Crippen MR) is 65.5 cm³/mol. The minimum atomic E-state index is -0.246. The standard InChI is InChI=1S/C10H14ClN3O2S/c11-10-14-13-9(17-10)8(15)12-5-6-16-7-3-1-2-4-7/h7H,1-6H2,(H,12,15). The SMILES string of the molecule is O=C(NCCOC1CCCC1)c1nnc(Cl)s1. The predicted octanol–water partition coefficient (Wildman–Crippen LogP) is 1.88. The van der Waals surface area contributed by atoms with E-state index in [0.717, 1.165) is 24.2 Å². The van der Waals surface area contributed by atoms with Crippen LogP contribution in [-0.4, -0.2) is 35.4 Å². The van der Waals surface area contributed by atoms with Gasteiger partial charge in [0, 0.05) is 6.54 Å². The minimum Gasteiger partial charge on any atom is -0.376 e. The van der Waals surface area contributed by atoms with E-state index >= 15 is 0 Å². The average Bonchev–Trinajstić information content (AvgIpc) is 2.95. The quantitative estimate of drug-likeness (QED) is 0.834. The highest BCUT2D eigenvalue weighted by Crippen LogP contribution is 2.20. The summed E-state index contributed by atoms with van der Waals surface area (Å²) in [5, 5.41) is 10.2. The van der Waals surface area contributed by atoms with E-state index in [9.17, 15) is 4.79 Å². The summed E-state index contributed by atoms with van der Waals surface area (Å²) in [6.45, 7) is 1.04. The van der Waals surface area contributed by atoms with Crippen LogP contribution in [0.15, 0.2) is 0 Å². The first-order valence-corrected chi connectivity index (χ1v) is 6.84. The van der Waals surface area contributed by atoms with Gasteiger partial charge in [-0.2, -0.15) is 0 Å². The Hall–Kier alpha value is -0.720. The number of hydrogen-bond donors (Lipinski definition) is 1. The Kier molecular flexibility index (Phi) is 4.70. The van der Waals surface area contributed by atoms with Crippen LogP contribution in [-0.2, 0) is 4.74 Å². The number of halogens is 1.